The van der Waals surface area contributed by atoms with Crippen LogP contribution in [-0.2, 0) is 16.5 Å². The van der Waals surface area contributed by atoms with Crippen molar-refractivity contribution in [2.45, 2.75) is 11.3 Å². The van der Waals surface area contributed by atoms with Crippen molar-refractivity contribution in [3.8, 4) is 0 Å². The van der Waals surface area contributed by atoms with Crippen LogP contribution in [0.15, 0.2) is 9.95 Å². The lowest BCUT2D eigenvalue weighted by atomic mass is 10.4. The number of aromatic nitrogens is 3. The minimum Gasteiger partial charge on any atom is -0.390 e. The van der Waals surface area contributed by atoms with E-state index in [9.17, 15) is 9.90 Å². The maximum absolute atomic E-state index is 11.1. The van der Waals surface area contributed by atoms with Crippen LogP contribution >= 0.6 is 11.8 Å². The molecular formula is C9H17N3O4S. The molecule has 1 heterocycles. The van der Waals surface area contributed by atoms with Gasteiger partial charge in [0.15, 0.2) is 5.16 Å². The van der Waals surface area contributed by atoms with Gasteiger partial charge in [0.2, 0.25) is 0 Å². The number of nitrogens with zero attached hydrogens (tertiary/aromatic N) is 2. The van der Waals surface area contributed by atoms with E-state index in [1.54, 1.807) is 14.2 Å². The number of hydrogen-bond donors (Lipinski definition) is 2. The third-order valence-corrected chi connectivity index (χ3v) is 3.16. The van der Waals surface area contributed by atoms with Crippen LogP contribution in [0.1, 0.15) is 0 Å². The highest BCUT2D eigenvalue weighted by Crippen LogP contribution is 2.13. The highest BCUT2D eigenvalue weighted by Gasteiger charge is 2.09. The van der Waals surface area contributed by atoms with Crippen molar-refractivity contribution in [1.29, 1.82) is 0 Å². The standard InChI is InChI=1S/C9H17N3O4S/c1-12-8(14)10-11-9(12)17-6-7(13)5-16-4-3-15-2/h7,13H,3-6H2,1-2H3,(H,10,14). The Bertz CT molecular complexity index is 379. The molecule has 0 aliphatic rings. The van der Waals surface area contributed by atoms with Gasteiger partial charge in [0, 0.05) is 19.9 Å². The summed E-state index contributed by atoms with van der Waals surface area (Å²) in [4.78, 5) is 11.1. The SMILES string of the molecule is COCCOCC(O)CSc1n[nH]c(=O)n1C. The van der Waals surface area contributed by atoms with Crippen molar-refractivity contribution >= 4 is 11.8 Å². The summed E-state index contributed by atoms with van der Waals surface area (Å²) in [7, 11) is 3.21. The predicted octanol–water partition coefficient (Wildman–Crippen LogP) is -0.776. The number of aliphatic hydroxyl groups excluding tert-OH is 1. The molecule has 1 aromatic rings. The first-order chi connectivity index (χ1) is 8.15. The smallest absolute Gasteiger partial charge is 0.343 e. The zero-order valence-electron chi connectivity index (χ0n) is 9.88. The fraction of sp³-hybridized carbons (Fsp3) is 0.778. The van der Waals surface area contributed by atoms with Crippen LogP contribution in [0, 0.1) is 0 Å². The van der Waals surface area contributed by atoms with E-state index >= 15 is 0 Å². The van der Waals surface area contributed by atoms with Gasteiger partial charge in [-0.25, -0.2) is 9.89 Å². The molecule has 0 fully saturated rings. The highest BCUT2D eigenvalue weighted by atomic mass is 32.2. The van der Waals surface area contributed by atoms with Crippen molar-refractivity contribution in [3.05, 3.63) is 10.5 Å². The molecule has 0 saturated carbocycles. The summed E-state index contributed by atoms with van der Waals surface area (Å²) in [6.45, 7) is 1.21. The second-order valence-corrected chi connectivity index (χ2v) is 4.39. The molecule has 0 bridgehead atoms. The number of hydrogen-bond acceptors (Lipinski definition) is 6. The molecule has 1 aromatic heterocycles. The van der Waals surface area contributed by atoms with Gasteiger partial charge in [-0.15, -0.1) is 5.10 Å². The van der Waals surface area contributed by atoms with E-state index in [-0.39, 0.29) is 12.3 Å². The normalized spacial score (nSPS) is 12.9. The van der Waals surface area contributed by atoms with E-state index in [4.69, 9.17) is 9.47 Å². The van der Waals surface area contributed by atoms with Crippen LogP contribution in [0.4, 0.5) is 0 Å². The Labute approximate surface area is 103 Å². The van der Waals surface area contributed by atoms with E-state index in [0.29, 0.717) is 24.1 Å². The summed E-state index contributed by atoms with van der Waals surface area (Å²) < 4.78 is 11.4. The van der Waals surface area contributed by atoms with Gasteiger partial charge < -0.3 is 14.6 Å². The van der Waals surface area contributed by atoms with Crippen molar-refractivity contribution in [2.24, 2.45) is 7.05 Å². The number of methoxy groups -OCH3 is 1. The quantitative estimate of drug-likeness (QED) is 0.472. The van der Waals surface area contributed by atoms with E-state index in [2.05, 4.69) is 10.2 Å². The van der Waals surface area contributed by atoms with E-state index in [0.717, 1.165) is 0 Å². The molecule has 2 N–H and O–H groups in total. The second-order valence-electron chi connectivity index (χ2n) is 3.40. The van der Waals surface area contributed by atoms with Crippen LogP contribution in [0.3, 0.4) is 0 Å². The molecule has 1 rings (SSSR count). The number of ether oxygens (including phenoxy) is 2. The molecule has 8 heteroatoms. The van der Waals surface area contributed by atoms with E-state index < -0.39 is 6.10 Å². The summed E-state index contributed by atoms with van der Waals surface area (Å²) in [6, 6.07) is 0. The summed E-state index contributed by atoms with van der Waals surface area (Å²) in [5.41, 5.74) is -0.265. The number of nitrogens with one attached hydrogen (secondary N) is 1. The highest BCUT2D eigenvalue weighted by molar-refractivity contribution is 7.99. The van der Waals surface area contributed by atoms with Crippen molar-refractivity contribution in [2.75, 3.05) is 32.7 Å². The lowest BCUT2D eigenvalue weighted by Crippen LogP contribution is -2.20. The minimum absolute atomic E-state index is 0.245. The van der Waals surface area contributed by atoms with Gasteiger partial charge >= 0.3 is 5.69 Å². The Balaban J connectivity index is 2.21. The zero-order valence-corrected chi connectivity index (χ0v) is 10.7. The van der Waals surface area contributed by atoms with Gasteiger partial charge in [-0.1, -0.05) is 11.8 Å². The number of H-pyrrole nitrogens is 1. The Morgan fingerprint density at radius 3 is 2.94 bits per heavy atom. The molecule has 0 aliphatic carbocycles. The zero-order chi connectivity index (χ0) is 12.7. The van der Waals surface area contributed by atoms with E-state index in [1.165, 1.54) is 16.3 Å². The maximum Gasteiger partial charge on any atom is 0.343 e. The number of thioether (sulfide) groups is 1. The molecule has 0 spiro atoms. The van der Waals surface area contributed by atoms with Crippen LogP contribution in [0.5, 0.6) is 0 Å². The fourth-order valence-electron chi connectivity index (χ4n) is 1.04. The average Bonchev–Trinajstić information content (AvgIpc) is 2.63. The summed E-state index contributed by atoms with van der Waals surface area (Å²) in [5.74, 6) is 0.422. The van der Waals surface area contributed by atoms with Crippen molar-refractivity contribution in [3.63, 3.8) is 0 Å². The summed E-state index contributed by atoms with van der Waals surface area (Å²) in [5, 5.41) is 16.3. The first kappa shape index (κ1) is 14.2. The first-order valence-electron chi connectivity index (χ1n) is 5.14. The van der Waals surface area contributed by atoms with Gasteiger partial charge in [-0.05, 0) is 0 Å². The molecule has 0 amide bonds. The topological polar surface area (TPSA) is 89.4 Å². The van der Waals surface area contributed by atoms with Gasteiger partial charge in [0.25, 0.3) is 0 Å². The third-order valence-electron chi connectivity index (χ3n) is 1.99. The molecule has 0 aliphatic heterocycles. The largest absolute Gasteiger partial charge is 0.390 e. The Morgan fingerprint density at radius 1 is 1.59 bits per heavy atom. The average molecular weight is 263 g/mol. The summed E-state index contributed by atoms with van der Waals surface area (Å²) in [6.07, 6.45) is -0.594. The predicted molar refractivity (Wildman–Crippen MR) is 63.3 cm³/mol. The molecule has 0 saturated heterocycles. The van der Waals surface area contributed by atoms with Gasteiger partial charge in [0.05, 0.1) is 25.9 Å². The maximum atomic E-state index is 11.1. The van der Waals surface area contributed by atoms with Gasteiger partial charge in [0.1, 0.15) is 0 Å². The van der Waals surface area contributed by atoms with Crippen molar-refractivity contribution in [1.82, 2.24) is 14.8 Å². The lowest BCUT2D eigenvalue weighted by Gasteiger charge is -2.10. The molecule has 0 radical (unpaired) electrons. The molecule has 0 aromatic carbocycles. The van der Waals surface area contributed by atoms with Crippen LogP contribution in [-0.4, -0.2) is 58.7 Å². The van der Waals surface area contributed by atoms with Crippen LogP contribution in [0.25, 0.3) is 0 Å². The van der Waals surface area contributed by atoms with Gasteiger partial charge in [-0.3, -0.25) is 4.57 Å². The molecule has 1 unspecified atom stereocenters. The monoisotopic (exact) mass is 263 g/mol. The Hall–Kier alpha value is -0.830. The Morgan fingerprint density at radius 2 is 2.35 bits per heavy atom. The number of aliphatic hydroxyl groups is 1. The second kappa shape index (κ2) is 7.49. The van der Waals surface area contributed by atoms with Crippen LogP contribution in [0.2, 0.25) is 0 Å². The number of rotatable bonds is 8. The molecule has 98 valence electrons. The molecule has 1 atom stereocenters. The molecule has 7 nitrogen and oxygen atoms in total. The van der Waals surface area contributed by atoms with Gasteiger partial charge in [-0.2, -0.15) is 0 Å². The Kier molecular flexibility index (Phi) is 6.27. The number of aromatic amines is 1. The van der Waals surface area contributed by atoms with Crippen LogP contribution < -0.4 is 5.69 Å². The first-order valence-corrected chi connectivity index (χ1v) is 6.12. The lowest BCUT2D eigenvalue weighted by molar-refractivity contribution is 0.0218. The van der Waals surface area contributed by atoms with E-state index in [1.807, 2.05) is 0 Å². The fourth-order valence-corrected chi connectivity index (χ4v) is 1.87. The molecular weight excluding hydrogens is 246 g/mol. The third kappa shape index (κ3) is 4.90. The minimum atomic E-state index is -0.594. The van der Waals surface area contributed by atoms with Crippen molar-refractivity contribution < 1.29 is 14.6 Å². The summed E-state index contributed by atoms with van der Waals surface area (Å²) >= 11 is 1.30. The molecule has 17 heavy (non-hydrogen) atoms.